The summed E-state index contributed by atoms with van der Waals surface area (Å²) in [5.74, 6) is -0.887. The number of carbonyl (C=O) groups excluding carboxylic acids is 1. The van der Waals surface area contributed by atoms with Crippen molar-refractivity contribution in [3.8, 4) is 0 Å². The van der Waals surface area contributed by atoms with Gasteiger partial charge in [-0.1, -0.05) is 60.7 Å². The van der Waals surface area contributed by atoms with E-state index in [1.165, 1.54) is 17.0 Å². The molecular weight excluding hydrogens is 403 g/mol. The predicted molar refractivity (Wildman–Crippen MR) is 114 cm³/mol. The summed E-state index contributed by atoms with van der Waals surface area (Å²) in [5, 5.41) is 0. The zero-order chi connectivity index (χ0) is 21.6. The maximum atomic E-state index is 13.2. The van der Waals surface area contributed by atoms with Crippen LogP contribution in [0.15, 0.2) is 89.8 Å². The number of carbonyl (C=O) groups is 1. The second-order valence-electron chi connectivity index (χ2n) is 7.00. The van der Waals surface area contributed by atoms with Gasteiger partial charge >= 0.3 is 0 Å². The third kappa shape index (κ3) is 5.75. The number of nitrogens with one attached hydrogen (secondary N) is 1. The molecule has 3 rings (SSSR count). The molecule has 5 nitrogen and oxygen atoms in total. The van der Waals surface area contributed by atoms with Gasteiger partial charge in [-0.25, -0.2) is 12.8 Å². The van der Waals surface area contributed by atoms with Crippen molar-refractivity contribution < 1.29 is 17.6 Å². The van der Waals surface area contributed by atoms with Gasteiger partial charge in [0.1, 0.15) is 11.9 Å². The molecule has 0 bridgehead atoms. The van der Waals surface area contributed by atoms with Crippen molar-refractivity contribution in [2.45, 2.75) is 23.9 Å². The van der Waals surface area contributed by atoms with Gasteiger partial charge in [0, 0.05) is 13.6 Å². The Balaban J connectivity index is 1.84. The lowest BCUT2D eigenvalue weighted by Crippen LogP contribution is -2.48. The van der Waals surface area contributed by atoms with E-state index >= 15 is 0 Å². The van der Waals surface area contributed by atoms with Crippen LogP contribution in [0.2, 0.25) is 0 Å². The second-order valence-corrected chi connectivity index (χ2v) is 8.71. The van der Waals surface area contributed by atoms with Gasteiger partial charge in [-0.15, -0.1) is 0 Å². The van der Waals surface area contributed by atoms with Crippen LogP contribution in [0.4, 0.5) is 4.39 Å². The molecule has 0 aliphatic rings. The number of sulfonamides is 1. The Bertz CT molecular complexity index is 1070. The fraction of sp³-hybridized carbons (Fsp3) is 0.174. The number of benzene rings is 3. The summed E-state index contributed by atoms with van der Waals surface area (Å²) in [5.41, 5.74) is 1.76. The standard InChI is InChI=1S/C23H23FN2O3S/c1-26(17-19-10-6-3-7-11-19)23(27)22(16-18-8-4-2-5-9-18)25-30(28,29)21-14-12-20(24)13-15-21/h2-15,22,25H,16-17H2,1H3. The molecular formula is C23H23FN2O3S. The molecule has 1 amide bonds. The average Bonchev–Trinajstić information content (AvgIpc) is 2.74. The van der Waals surface area contributed by atoms with Crippen molar-refractivity contribution in [3.63, 3.8) is 0 Å². The third-order valence-electron chi connectivity index (χ3n) is 4.64. The highest BCUT2D eigenvalue weighted by atomic mass is 32.2. The molecule has 3 aromatic carbocycles. The monoisotopic (exact) mass is 426 g/mol. The van der Waals surface area contributed by atoms with Crippen LogP contribution in [0.3, 0.4) is 0 Å². The van der Waals surface area contributed by atoms with Crippen LogP contribution in [0.1, 0.15) is 11.1 Å². The van der Waals surface area contributed by atoms with Gasteiger partial charge in [0.05, 0.1) is 4.90 Å². The van der Waals surface area contributed by atoms with Crippen molar-refractivity contribution in [3.05, 3.63) is 102 Å². The Kier molecular flexibility index (Phi) is 6.97. The van der Waals surface area contributed by atoms with Crippen molar-refractivity contribution in [1.29, 1.82) is 0 Å². The Morgan fingerprint density at radius 2 is 1.43 bits per heavy atom. The number of halogens is 1. The molecule has 1 atom stereocenters. The molecule has 0 aliphatic heterocycles. The lowest BCUT2D eigenvalue weighted by atomic mass is 10.1. The summed E-state index contributed by atoms with van der Waals surface area (Å²) in [6, 6.07) is 22.1. The Morgan fingerprint density at radius 1 is 0.900 bits per heavy atom. The van der Waals surface area contributed by atoms with Gasteiger partial charge in [0.25, 0.3) is 0 Å². The normalized spacial score (nSPS) is 12.3. The van der Waals surface area contributed by atoms with Crippen molar-refractivity contribution in [2.75, 3.05) is 7.05 Å². The van der Waals surface area contributed by atoms with Crippen LogP contribution in [0, 0.1) is 5.82 Å². The first-order chi connectivity index (χ1) is 14.3. The Labute approximate surface area is 176 Å². The summed E-state index contributed by atoms with van der Waals surface area (Å²) < 4.78 is 41.3. The lowest BCUT2D eigenvalue weighted by molar-refractivity contribution is -0.132. The summed E-state index contributed by atoms with van der Waals surface area (Å²) >= 11 is 0. The van der Waals surface area contributed by atoms with Crippen LogP contribution < -0.4 is 4.72 Å². The van der Waals surface area contributed by atoms with E-state index < -0.39 is 21.9 Å². The Hall–Kier alpha value is -3.03. The molecule has 0 spiro atoms. The molecule has 0 aliphatic carbocycles. The van der Waals surface area contributed by atoms with Crippen molar-refractivity contribution >= 4 is 15.9 Å². The summed E-state index contributed by atoms with van der Waals surface area (Å²) in [7, 11) is -2.37. The number of hydrogen-bond donors (Lipinski definition) is 1. The molecule has 7 heteroatoms. The minimum Gasteiger partial charge on any atom is -0.340 e. The number of rotatable bonds is 8. The van der Waals surface area contributed by atoms with Gasteiger partial charge in [0.15, 0.2) is 0 Å². The lowest BCUT2D eigenvalue weighted by Gasteiger charge is -2.25. The second kappa shape index (κ2) is 9.65. The van der Waals surface area contributed by atoms with Crippen LogP contribution in [-0.4, -0.2) is 32.3 Å². The first kappa shape index (κ1) is 21.7. The van der Waals surface area contributed by atoms with E-state index in [1.54, 1.807) is 7.05 Å². The van der Waals surface area contributed by atoms with Crippen molar-refractivity contribution in [1.82, 2.24) is 9.62 Å². The van der Waals surface area contributed by atoms with Crippen LogP contribution in [0.25, 0.3) is 0 Å². The first-order valence-electron chi connectivity index (χ1n) is 9.46. The van der Waals surface area contributed by atoms with E-state index in [-0.39, 0.29) is 17.2 Å². The van der Waals surface area contributed by atoms with E-state index in [4.69, 9.17) is 0 Å². The number of likely N-dealkylation sites (N-methyl/N-ethyl adjacent to an activating group) is 1. The highest BCUT2D eigenvalue weighted by molar-refractivity contribution is 7.89. The van der Waals surface area contributed by atoms with E-state index in [0.717, 1.165) is 23.3 Å². The predicted octanol–water partition coefficient (Wildman–Crippen LogP) is 3.37. The van der Waals surface area contributed by atoms with Gasteiger partial charge in [-0.2, -0.15) is 4.72 Å². The smallest absolute Gasteiger partial charge is 0.241 e. The first-order valence-corrected chi connectivity index (χ1v) is 10.9. The van der Waals surface area contributed by atoms with E-state index in [0.29, 0.717) is 6.54 Å². The zero-order valence-electron chi connectivity index (χ0n) is 16.5. The van der Waals surface area contributed by atoms with Gasteiger partial charge in [-0.3, -0.25) is 4.79 Å². The third-order valence-corrected chi connectivity index (χ3v) is 6.13. The number of amides is 1. The quantitative estimate of drug-likeness (QED) is 0.601. The molecule has 0 aromatic heterocycles. The molecule has 0 saturated heterocycles. The average molecular weight is 427 g/mol. The molecule has 156 valence electrons. The molecule has 0 fully saturated rings. The van der Waals surface area contributed by atoms with Crippen LogP contribution in [-0.2, 0) is 27.8 Å². The van der Waals surface area contributed by atoms with E-state index in [1.807, 2.05) is 60.7 Å². The van der Waals surface area contributed by atoms with Gasteiger partial charge < -0.3 is 4.90 Å². The van der Waals surface area contributed by atoms with Gasteiger partial charge in [0.2, 0.25) is 15.9 Å². The molecule has 1 unspecified atom stereocenters. The van der Waals surface area contributed by atoms with Crippen LogP contribution >= 0.6 is 0 Å². The molecule has 1 N–H and O–H groups in total. The highest BCUT2D eigenvalue weighted by Gasteiger charge is 2.28. The molecule has 0 radical (unpaired) electrons. The minimum absolute atomic E-state index is 0.0968. The van der Waals surface area contributed by atoms with E-state index in [2.05, 4.69) is 4.72 Å². The SMILES string of the molecule is CN(Cc1ccccc1)C(=O)C(Cc1ccccc1)NS(=O)(=O)c1ccc(F)cc1. The molecule has 0 saturated carbocycles. The van der Waals surface area contributed by atoms with Crippen molar-refractivity contribution in [2.24, 2.45) is 0 Å². The summed E-state index contributed by atoms with van der Waals surface area (Å²) in [6.45, 7) is 0.350. The fourth-order valence-corrected chi connectivity index (χ4v) is 4.29. The largest absolute Gasteiger partial charge is 0.340 e. The topological polar surface area (TPSA) is 66.5 Å². The van der Waals surface area contributed by atoms with Crippen LogP contribution in [0.5, 0.6) is 0 Å². The maximum Gasteiger partial charge on any atom is 0.241 e. The summed E-state index contributed by atoms with van der Waals surface area (Å²) in [6.07, 6.45) is 0.194. The number of nitrogens with zero attached hydrogens (tertiary/aromatic N) is 1. The fourth-order valence-electron chi connectivity index (χ4n) is 3.10. The minimum atomic E-state index is -4.01. The molecule has 0 heterocycles. The zero-order valence-corrected chi connectivity index (χ0v) is 17.3. The van der Waals surface area contributed by atoms with E-state index in [9.17, 15) is 17.6 Å². The molecule has 3 aromatic rings. The summed E-state index contributed by atoms with van der Waals surface area (Å²) in [4.78, 5) is 14.6. The maximum absolute atomic E-state index is 13.2. The Morgan fingerprint density at radius 3 is 2.00 bits per heavy atom. The number of hydrogen-bond acceptors (Lipinski definition) is 3. The molecule has 30 heavy (non-hydrogen) atoms. The highest BCUT2D eigenvalue weighted by Crippen LogP contribution is 2.14. The van der Waals surface area contributed by atoms with Gasteiger partial charge in [-0.05, 0) is 41.8 Å².